The van der Waals surface area contributed by atoms with Crippen LogP contribution in [-0.4, -0.2) is 11.6 Å². The van der Waals surface area contributed by atoms with Crippen molar-refractivity contribution in [2.24, 2.45) is 23.2 Å². The Morgan fingerprint density at radius 2 is 2.04 bits per heavy atom. The van der Waals surface area contributed by atoms with Gasteiger partial charge in [0.2, 0.25) is 0 Å². The maximum Gasteiger partial charge on any atom is 0.137 e. The summed E-state index contributed by atoms with van der Waals surface area (Å²) in [7, 11) is 0. The second kappa shape index (κ2) is 5.43. The third-order valence-corrected chi connectivity index (χ3v) is 7.39. The number of allylic oxidation sites excluding steroid dienone is 4. The Labute approximate surface area is 139 Å². The molecule has 2 heteroatoms. The highest BCUT2D eigenvalue weighted by molar-refractivity contribution is 5.84. The minimum atomic E-state index is 0.184. The van der Waals surface area contributed by atoms with E-state index in [-0.39, 0.29) is 11.3 Å². The summed E-state index contributed by atoms with van der Waals surface area (Å²) in [6.07, 6.45) is 11.2. The van der Waals surface area contributed by atoms with Gasteiger partial charge in [0.1, 0.15) is 11.6 Å². The zero-order valence-electron chi connectivity index (χ0n) is 14.5. The summed E-state index contributed by atoms with van der Waals surface area (Å²) in [5, 5.41) is 0. The predicted octanol–water partition coefficient (Wildman–Crippen LogP) is 4.79. The van der Waals surface area contributed by atoms with Gasteiger partial charge in [0.05, 0.1) is 0 Å². The Kier molecular flexibility index (Phi) is 3.62. The zero-order chi connectivity index (χ0) is 16.2. The molecule has 0 bridgehead atoms. The molecule has 0 heterocycles. The molecule has 23 heavy (non-hydrogen) atoms. The molecule has 0 unspecified atom stereocenters. The minimum absolute atomic E-state index is 0.184. The van der Waals surface area contributed by atoms with Gasteiger partial charge in [-0.25, -0.2) is 0 Å². The van der Waals surface area contributed by atoms with E-state index in [4.69, 9.17) is 0 Å². The highest BCUT2D eigenvalue weighted by atomic mass is 16.1. The van der Waals surface area contributed by atoms with Crippen LogP contribution in [0.1, 0.15) is 71.6 Å². The molecule has 4 rings (SSSR count). The number of hydrogen-bond donors (Lipinski definition) is 0. The van der Waals surface area contributed by atoms with Gasteiger partial charge in [-0.2, -0.15) is 0 Å². The molecule has 124 valence electrons. The Hall–Kier alpha value is -1.18. The van der Waals surface area contributed by atoms with Gasteiger partial charge in [-0.3, -0.25) is 9.59 Å². The highest BCUT2D eigenvalue weighted by Gasteiger charge is 2.54. The lowest BCUT2D eigenvalue weighted by Gasteiger charge is -2.47. The third kappa shape index (κ3) is 2.21. The fourth-order valence-electron chi connectivity index (χ4n) is 6.19. The largest absolute Gasteiger partial charge is 0.299 e. The molecule has 4 aliphatic rings. The van der Waals surface area contributed by atoms with Gasteiger partial charge in [0.15, 0.2) is 0 Å². The molecule has 0 saturated heterocycles. The minimum Gasteiger partial charge on any atom is -0.299 e. The number of Topliss-reactive ketones (excluding diaryl/α,β-unsaturated/α-hetero) is 2. The Balaban J connectivity index is 1.68. The fraction of sp³-hybridized carbons (Fsp3) is 0.714. The average Bonchev–Trinajstić information content (AvgIpc) is 2.90. The summed E-state index contributed by atoms with van der Waals surface area (Å²) < 4.78 is 0. The molecule has 0 N–H and O–H groups in total. The summed E-state index contributed by atoms with van der Waals surface area (Å²) in [6.45, 7) is 4.39. The van der Waals surface area contributed by atoms with Crippen molar-refractivity contribution in [3.63, 3.8) is 0 Å². The number of ketones is 2. The van der Waals surface area contributed by atoms with Gasteiger partial charge in [-0.15, -0.1) is 0 Å². The van der Waals surface area contributed by atoms with E-state index in [1.165, 1.54) is 24.0 Å². The van der Waals surface area contributed by atoms with Gasteiger partial charge < -0.3 is 0 Å². The van der Waals surface area contributed by atoms with Gasteiger partial charge in [0.25, 0.3) is 0 Å². The number of hydrogen-bond acceptors (Lipinski definition) is 2. The number of carbonyl (C=O) groups excluding carboxylic acids is 2. The molecule has 2 nitrogen and oxygen atoms in total. The van der Waals surface area contributed by atoms with E-state index in [0.29, 0.717) is 36.2 Å². The molecule has 0 aliphatic heterocycles. The van der Waals surface area contributed by atoms with Crippen LogP contribution in [0.3, 0.4) is 0 Å². The van der Waals surface area contributed by atoms with Crippen LogP contribution >= 0.6 is 0 Å². The lowest BCUT2D eigenvalue weighted by Crippen LogP contribution is -2.41. The van der Waals surface area contributed by atoms with E-state index < -0.39 is 0 Å². The van der Waals surface area contributed by atoms with Crippen LogP contribution in [0, 0.1) is 23.2 Å². The van der Waals surface area contributed by atoms with Crippen LogP contribution in [-0.2, 0) is 9.59 Å². The maximum absolute atomic E-state index is 12.4. The van der Waals surface area contributed by atoms with Crippen molar-refractivity contribution in [3.05, 3.63) is 22.8 Å². The Morgan fingerprint density at radius 1 is 1.22 bits per heavy atom. The van der Waals surface area contributed by atoms with Crippen LogP contribution in [0.4, 0.5) is 0 Å². The lowest BCUT2D eigenvalue weighted by atomic mass is 9.57. The quantitative estimate of drug-likeness (QED) is 0.735. The van der Waals surface area contributed by atoms with Crippen molar-refractivity contribution < 1.29 is 9.59 Å². The van der Waals surface area contributed by atoms with E-state index in [2.05, 4.69) is 13.0 Å². The molecular weight excluding hydrogens is 284 g/mol. The molecule has 0 aromatic heterocycles. The first-order valence-electron chi connectivity index (χ1n) is 9.50. The summed E-state index contributed by atoms with van der Waals surface area (Å²) in [6, 6.07) is 0. The van der Waals surface area contributed by atoms with Gasteiger partial charge >= 0.3 is 0 Å². The summed E-state index contributed by atoms with van der Waals surface area (Å²) >= 11 is 0. The van der Waals surface area contributed by atoms with E-state index in [1.54, 1.807) is 5.57 Å². The number of carbonyl (C=O) groups is 2. The summed E-state index contributed by atoms with van der Waals surface area (Å²) in [4.78, 5) is 24.2. The third-order valence-electron chi connectivity index (χ3n) is 7.39. The predicted molar refractivity (Wildman–Crippen MR) is 90.9 cm³/mol. The van der Waals surface area contributed by atoms with Gasteiger partial charge in [0, 0.05) is 25.2 Å². The first kappa shape index (κ1) is 15.4. The Bertz CT molecular complexity index is 624. The smallest absolute Gasteiger partial charge is 0.137 e. The van der Waals surface area contributed by atoms with Crippen molar-refractivity contribution in [3.8, 4) is 0 Å². The van der Waals surface area contributed by atoms with Crippen molar-refractivity contribution in [1.29, 1.82) is 0 Å². The first-order valence-corrected chi connectivity index (χ1v) is 9.50. The molecule has 0 spiro atoms. The normalized spacial score (nSPS) is 39.5. The topological polar surface area (TPSA) is 34.1 Å². The number of rotatable bonds is 2. The molecule has 4 atom stereocenters. The highest BCUT2D eigenvalue weighted by Crippen LogP contribution is 2.61. The summed E-state index contributed by atoms with van der Waals surface area (Å²) in [5.74, 6) is 2.51. The molecule has 1 fully saturated rings. The maximum atomic E-state index is 12.4. The van der Waals surface area contributed by atoms with Crippen LogP contribution in [0.25, 0.3) is 0 Å². The fourth-order valence-corrected chi connectivity index (χ4v) is 6.19. The monoisotopic (exact) mass is 312 g/mol. The van der Waals surface area contributed by atoms with Crippen molar-refractivity contribution in [2.45, 2.75) is 71.6 Å². The molecule has 0 aromatic rings. The second-order valence-corrected chi connectivity index (χ2v) is 8.37. The average molecular weight is 312 g/mol. The molecule has 1 saturated carbocycles. The van der Waals surface area contributed by atoms with E-state index in [0.717, 1.165) is 32.1 Å². The molecule has 0 amide bonds. The number of fused-ring (bicyclic) bond motifs is 4. The van der Waals surface area contributed by atoms with Crippen molar-refractivity contribution in [1.82, 2.24) is 0 Å². The van der Waals surface area contributed by atoms with Gasteiger partial charge in [-0.05, 0) is 66.9 Å². The lowest BCUT2D eigenvalue weighted by molar-refractivity contribution is -0.126. The molecule has 4 aliphatic carbocycles. The van der Waals surface area contributed by atoms with Crippen molar-refractivity contribution in [2.75, 3.05) is 0 Å². The van der Waals surface area contributed by atoms with Crippen LogP contribution in [0.5, 0.6) is 0 Å². The first-order chi connectivity index (χ1) is 11.0. The van der Waals surface area contributed by atoms with Crippen LogP contribution in [0.15, 0.2) is 22.8 Å². The SMILES string of the molecule is CCC(=O)[C@H]1CC[C@H]2[C@@H]3CCC4=C(CCC(=O)C4)C3=CC[C@]12C. The van der Waals surface area contributed by atoms with Gasteiger partial charge in [-0.1, -0.05) is 25.5 Å². The van der Waals surface area contributed by atoms with Crippen molar-refractivity contribution >= 4 is 11.6 Å². The van der Waals surface area contributed by atoms with Crippen LogP contribution < -0.4 is 0 Å². The molecular formula is C21H28O2. The second-order valence-electron chi connectivity index (χ2n) is 8.37. The Morgan fingerprint density at radius 3 is 2.83 bits per heavy atom. The standard InChI is InChI=1S/C21H28O2/c1-3-20(23)19-9-8-18-17-6-4-13-12-14(22)5-7-15(13)16(17)10-11-21(18,19)2/h10,17-19H,3-9,11-12H2,1-2H3/t17-,18+,19-,21+/m1/s1. The molecule has 0 radical (unpaired) electrons. The van der Waals surface area contributed by atoms with E-state index in [1.807, 2.05) is 6.92 Å². The van der Waals surface area contributed by atoms with Crippen LogP contribution in [0.2, 0.25) is 0 Å². The summed E-state index contributed by atoms with van der Waals surface area (Å²) in [5.41, 5.74) is 4.73. The zero-order valence-corrected chi connectivity index (χ0v) is 14.5. The van der Waals surface area contributed by atoms with E-state index in [9.17, 15) is 9.59 Å². The molecule has 0 aromatic carbocycles. The van der Waals surface area contributed by atoms with E-state index >= 15 is 0 Å².